The summed E-state index contributed by atoms with van der Waals surface area (Å²) in [5, 5.41) is 0. The second-order valence-corrected chi connectivity index (χ2v) is 10.6. The van der Waals surface area contributed by atoms with E-state index in [9.17, 15) is 0 Å². The van der Waals surface area contributed by atoms with Crippen LogP contribution in [0.3, 0.4) is 0 Å². The molecule has 33 heavy (non-hydrogen) atoms. The first-order valence-electron chi connectivity index (χ1n) is 12.5. The lowest BCUT2D eigenvalue weighted by Crippen LogP contribution is -2.73. The van der Waals surface area contributed by atoms with Gasteiger partial charge in [-0.15, -0.1) is 0 Å². The molecule has 4 heteroatoms. The van der Waals surface area contributed by atoms with Crippen LogP contribution in [0.1, 0.15) is 70.1 Å². The fourth-order valence-corrected chi connectivity index (χ4v) is 6.27. The van der Waals surface area contributed by atoms with Gasteiger partial charge in [0.2, 0.25) is 0 Å². The SMILES string of the molecule is CC(C)c1cccc(C(C)C)c1B1N(C(C)C)c2cccc3c2-c2n(c4ccccc4[n+]21)C3. The zero-order chi connectivity index (χ0) is 23.0. The van der Waals surface area contributed by atoms with E-state index in [1.807, 2.05) is 0 Å². The molecule has 6 rings (SSSR count). The molecular weight excluding hydrogens is 401 g/mol. The Bertz CT molecular complexity index is 1370. The molecule has 0 N–H and O–H groups in total. The highest BCUT2D eigenvalue weighted by molar-refractivity contribution is 6.71. The number of aromatic nitrogens is 2. The van der Waals surface area contributed by atoms with Gasteiger partial charge >= 0.3 is 6.98 Å². The number of imidazole rings is 1. The smallest absolute Gasteiger partial charge is 0.367 e. The van der Waals surface area contributed by atoms with Crippen molar-refractivity contribution in [3.05, 3.63) is 77.4 Å². The van der Waals surface area contributed by atoms with E-state index in [0.29, 0.717) is 17.9 Å². The molecule has 0 unspecified atom stereocenters. The van der Waals surface area contributed by atoms with Crippen LogP contribution in [-0.2, 0) is 6.54 Å². The van der Waals surface area contributed by atoms with Crippen molar-refractivity contribution in [1.82, 2.24) is 4.57 Å². The van der Waals surface area contributed by atoms with Gasteiger partial charge in [-0.25, -0.2) is 4.57 Å². The van der Waals surface area contributed by atoms with Gasteiger partial charge in [-0.1, -0.05) is 70.2 Å². The van der Waals surface area contributed by atoms with Crippen LogP contribution in [0.4, 0.5) is 5.69 Å². The molecule has 0 bridgehead atoms. The second-order valence-electron chi connectivity index (χ2n) is 10.6. The quantitative estimate of drug-likeness (QED) is 0.332. The molecule has 0 saturated heterocycles. The highest BCUT2D eigenvalue weighted by Gasteiger charge is 2.52. The molecule has 0 radical (unpaired) electrons. The maximum Gasteiger partial charge on any atom is 0.538 e. The summed E-state index contributed by atoms with van der Waals surface area (Å²) in [6, 6.07) is 23.2. The summed E-state index contributed by atoms with van der Waals surface area (Å²) in [6.07, 6.45) is 0. The predicted octanol–water partition coefficient (Wildman–Crippen LogP) is 5.68. The third kappa shape index (κ3) is 2.73. The molecule has 0 spiro atoms. The molecule has 4 aromatic rings. The minimum Gasteiger partial charge on any atom is -0.367 e. The van der Waals surface area contributed by atoms with Crippen molar-refractivity contribution in [1.29, 1.82) is 0 Å². The zero-order valence-electron chi connectivity index (χ0n) is 20.6. The van der Waals surface area contributed by atoms with E-state index < -0.39 is 0 Å². The Morgan fingerprint density at radius 2 is 1.45 bits per heavy atom. The van der Waals surface area contributed by atoms with Crippen molar-refractivity contribution in [2.24, 2.45) is 0 Å². The number of benzene rings is 3. The third-order valence-electron chi connectivity index (χ3n) is 7.62. The Morgan fingerprint density at radius 3 is 2.12 bits per heavy atom. The molecule has 0 aliphatic carbocycles. The third-order valence-corrected chi connectivity index (χ3v) is 7.62. The Balaban J connectivity index is 1.79. The average molecular weight is 434 g/mol. The molecule has 2 aliphatic heterocycles. The molecule has 0 amide bonds. The fourth-order valence-electron chi connectivity index (χ4n) is 6.27. The average Bonchev–Trinajstić information content (AvgIpc) is 3.33. The zero-order valence-corrected chi connectivity index (χ0v) is 20.6. The highest BCUT2D eigenvalue weighted by Crippen LogP contribution is 2.44. The largest absolute Gasteiger partial charge is 0.538 e. The first-order chi connectivity index (χ1) is 15.9. The van der Waals surface area contributed by atoms with E-state index in [2.05, 4.69) is 116 Å². The number of para-hydroxylation sites is 2. The minimum absolute atomic E-state index is 0.128. The fraction of sp³-hybridized carbons (Fsp3) is 0.345. The molecule has 3 nitrogen and oxygen atoms in total. The number of fused-ring (bicyclic) bond motifs is 3. The summed E-state index contributed by atoms with van der Waals surface area (Å²) < 4.78 is 5.20. The Hall–Kier alpha value is -3.01. The van der Waals surface area contributed by atoms with E-state index in [4.69, 9.17) is 0 Å². The Kier molecular flexibility index (Phi) is 4.52. The summed E-state index contributed by atoms with van der Waals surface area (Å²) in [4.78, 5) is 2.68. The summed E-state index contributed by atoms with van der Waals surface area (Å²) in [5.74, 6) is 2.29. The van der Waals surface area contributed by atoms with Crippen LogP contribution in [0, 0.1) is 0 Å². The summed E-state index contributed by atoms with van der Waals surface area (Å²) in [6.45, 7) is 15.1. The van der Waals surface area contributed by atoms with Crippen LogP contribution in [0.15, 0.2) is 60.7 Å². The van der Waals surface area contributed by atoms with E-state index in [1.54, 1.807) is 0 Å². The van der Waals surface area contributed by atoms with Crippen molar-refractivity contribution >= 4 is 29.2 Å². The van der Waals surface area contributed by atoms with Gasteiger partial charge in [-0.2, -0.15) is 0 Å². The van der Waals surface area contributed by atoms with Gasteiger partial charge in [0.15, 0.2) is 11.0 Å². The lowest BCUT2D eigenvalue weighted by Gasteiger charge is -2.38. The van der Waals surface area contributed by atoms with Gasteiger partial charge in [0.25, 0.3) is 5.82 Å². The lowest BCUT2D eigenvalue weighted by atomic mass is 9.57. The van der Waals surface area contributed by atoms with Crippen LogP contribution in [0.5, 0.6) is 0 Å². The van der Waals surface area contributed by atoms with Crippen LogP contribution in [0.2, 0.25) is 0 Å². The number of anilines is 1. The van der Waals surface area contributed by atoms with Crippen molar-refractivity contribution in [3.63, 3.8) is 0 Å². The normalized spacial score (nSPS) is 14.3. The molecule has 2 aliphatic rings. The maximum atomic E-state index is 2.68. The number of hydrogen-bond donors (Lipinski definition) is 0. The van der Waals surface area contributed by atoms with Crippen molar-refractivity contribution in [3.8, 4) is 11.4 Å². The molecule has 0 saturated carbocycles. The monoisotopic (exact) mass is 434 g/mol. The van der Waals surface area contributed by atoms with E-state index >= 15 is 0 Å². The van der Waals surface area contributed by atoms with Crippen molar-refractivity contribution in [2.75, 3.05) is 4.81 Å². The number of nitrogens with zero attached hydrogens (tertiary/aromatic N) is 3. The van der Waals surface area contributed by atoms with Crippen molar-refractivity contribution in [2.45, 2.75) is 66.0 Å². The van der Waals surface area contributed by atoms with Gasteiger partial charge in [0.05, 0.1) is 5.56 Å². The Labute approximate surface area is 197 Å². The molecule has 0 fully saturated rings. The molecule has 0 atom stereocenters. The highest BCUT2D eigenvalue weighted by atomic mass is 15.3. The minimum atomic E-state index is 0.128. The van der Waals surface area contributed by atoms with Crippen LogP contribution in [0.25, 0.3) is 22.4 Å². The Morgan fingerprint density at radius 1 is 0.788 bits per heavy atom. The van der Waals surface area contributed by atoms with E-state index in [0.717, 1.165) is 6.54 Å². The standard InChI is InChI=1S/C29H33BN3/c1-18(2)22-12-10-13-23(19(3)4)28(22)30-32(20(5)6)26-16-9-11-21-17-31-24-14-7-8-15-25(24)33(30)29(31)27(21)26/h7-16,18-20H,17H2,1-6H3/q+1. The van der Waals surface area contributed by atoms with Gasteiger partial charge in [0, 0.05) is 22.8 Å². The van der Waals surface area contributed by atoms with Crippen LogP contribution < -0.4 is 14.8 Å². The second kappa shape index (κ2) is 7.25. The molecule has 1 aromatic heterocycles. The summed E-state index contributed by atoms with van der Waals surface area (Å²) in [7, 11) is 0. The number of rotatable bonds is 4. The lowest BCUT2D eigenvalue weighted by molar-refractivity contribution is -0.495. The van der Waals surface area contributed by atoms with Crippen LogP contribution >= 0.6 is 0 Å². The molecule has 3 heterocycles. The van der Waals surface area contributed by atoms with Crippen molar-refractivity contribution < 1.29 is 4.48 Å². The first-order valence-corrected chi connectivity index (χ1v) is 12.5. The van der Waals surface area contributed by atoms with Gasteiger partial charge in [0.1, 0.15) is 6.54 Å². The van der Waals surface area contributed by atoms with E-state index in [-0.39, 0.29) is 6.98 Å². The van der Waals surface area contributed by atoms with E-state index in [1.165, 1.54) is 50.3 Å². The maximum absolute atomic E-state index is 2.68. The molecular formula is C29H33BN3+. The summed E-state index contributed by atoms with van der Waals surface area (Å²) in [5.41, 5.74) is 11.3. The van der Waals surface area contributed by atoms with Gasteiger partial charge in [-0.05, 0) is 55.0 Å². The predicted molar refractivity (Wildman–Crippen MR) is 140 cm³/mol. The molecule has 166 valence electrons. The van der Waals surface area contributed by atoms with Gasteiger partial charge in [-0.3, -0.25) is 4.48 Å². The van der Waals surface area contributed by atoms with Gasteiger partial charge < -0.3 is 4.81 Å². The number of hydrogen-bond acceptors (Lipinski definition) is 1. The first kappa shape index (κ1) is 20.6. The summed E-state index contributed by atoms with van der Waals surface area (Å²) >= 11 is 0. The topological polar surface area (TPSA) is 12.1 Å². The van der Waals surface area contributed by atoms with Crippen LogP contribution in [-0.4, -0.2) is 17.6 Å². The molecule has 3 aromatic carbocycles.